The van der Waals surface area contributed by atoms with Crippen LogP contribution in [0.1, 0.15) is 11.1 Å². The number of hydrogen-bond donors (Lipinski definition) is 2. The molecular weight excluding hydrogens is 426 g/mol. The minimum atomic E-state index is -4.33. The van der Waals surface area contributed by atoms with E-state index in [1.54, 1.807) is 0 Å². The molecule has 0 aliphatic carbocycles. The van der Waals surface area contributed by atoms with Gasteiger partial charge in [-0.25, -0.2) is 0 Å². The van der Waals surface area contributed by atoms with E-state index in [1.807, 2.05) is 71.6 Å². The number of nitrogens with zero attached hydrogens (tertiary/aromatic N) is 2. The summed E-state index contributed by atoms with van der Waals surface area (Å²) >= 11 is 0. The van der Waals surface area contributed by atoms with Crippen molar-refractivity contribution in [3.8, 4) is 6.07 Å². The van der Waals surface area contributed by atoms with Gasteiger partial charge in [0.2, 0.25) is 0 Å². The van der Waals surface area contributed by atoms with Crippen LogP contribution in [0, 0.1) is 11.3 Å². The first-order valence-electron chi connectivity index (χ1n) is 9.68. The van der Waals surface area contributed by atoms with Crippen molar-refractivity contribution in [3.05, 3.63) is 108 Å². The van der Waals surface area contributed by atoms with E-state index in [1.165, 1.54) is 18.3 Å². The minimum Gasteiger partial charge on any atom is -0.367 e. The van der Waals surface area contributed by atoms with E-state index in [9.17, 15) is 18.5 Å². The highest BCUT2D eigenvalue weighted by molar-refractivity contribution is 7.85. The average molecular weight is 448 g/mol. The molecule has 0 spiro atoms. The Morgan fingerprint density at radius 3 is 1.84 bits per heavy atom. The number of carbonyl (C=O) groups excluding carboxylic acids is 1. The second kappa shape index (κ2) is 10.4. The van der Waals surface area contributed by atoms with E-state index in [4.69, 9.17) is 4.55 Å². The van der Waals surface area contributed by atoms with Crippen LogP contribution in [0.4, 0.5) is 5.69 Å². The molecule has 162 valence electrons. The summed E-state index contributed by atoms with van der Waals surface area (Å²) in [6, 6.07) is 26.3. The molecule has 3 aromatic carbocycles. The lowest BCUT2D eigenvalue weighted by molar-refractivity contribution is -0.112. The first-order chi connectivity index (χ1) is 15.3. The predicted molar refractivity (Wildman–Crippen MR) is 121 cm³/mol. The monoisotopic (exact) mass is 447 g/mol. The van der Waals surface area contributed by atoms with Gasteiger partial charge in [-0.05, 0) is 35.4 Å². The van der Waals surface area contributed by atoms with Gasteiger partial charge in [-0.15, -0.1) is 0 Å². The number of anilines is 1. The van der Waals surface area contributed by atoms with Crippen LogP contribution in [0.2, 0.25) is 0 Å². The molecule has 3 rings (SSSR count). The summed E-state index contributed by atoms with van der Waals surface area (Å²) in [5.41, 5.74) is 2.24. The van der Waals surface area contributed by atoms with Crippen molar-refractivity contribution in [1.29, 1.82) is 5.26 Å². The van der Waals surface area contributed by atoms with Gasteiger partial charge in [-0.3, -0.25) is 9.35 Å². The Morgan fingerprint density at radius 1 is 0.906 bits per heavy atom. The van der Waals surface area contributed by atoms with Crippen molar-refractivity contribution >= 4 is 21.7 Å². The minimum absolute atomic E-state index is 0.101. The van der Waals surface area contributed by atoms with E-state index in [-0.39, 0.29) is 10.5 Å². The molecule has 0 radical (unpaired) electrons. The second-order valence-electron chi connectivity index (χ2n) is 6.98. The second-order valence-corrected chi connectivity index (χ2v) is 8.41. The molecule has 8 heteroatoms. The largest absolute Gasteiger partial charge is 0.367 e. The third-order valence-corrected chi connectivity index (χ3v) is 5.41. The number of amides is 1. The highest BCUT2D eigenvalue weighted by Crippen LogP contribution is 2.16. The summed E-state index contributed by atoms with van der Waals surface area (Å²) in [6.45, 7) is 0.995. The summed E-state index contributed by atoms with van der Waals surface area (Å²) in [5, 5.41) is 12.2. The van der Waals surface area contributed by atoms with Crippen LogP contribution in [0.15, 0.2) is 102 Å². The Kier molecular flexibility index (Phi) is 7.39. The third-order valence-electron chi connectivity index (χ3n) is 4.54. The summed E-state index contributed by atoms with van der Waals surface area (Å²) in [7, 11) is -4.33. The van der Waals surface area contributed by atoms with Gasteiger partial charge in [0.15, 0.2) is 0 Å². The van der Waals surface area contributed by atoms with Crippen molar-refractivity contribution in [3.63, 3.8) is 0 Å². The predicted octanol–water partition coefficient (Wildman–Crippen LogP) is 3.98. The molecule has 0 unspecified atom stereocenters. The molecule has 0 aromatic heterocycles. The lowest BCUT2D eigenvalue weighted by Gasteiger charge is -2.21. The van der Waals surface area contributed by atoms with Gasteiger partial charge in [0.05, 0.1) is 4.90 Å². The maximum absolute atomic E-state index is 12.7. The molecule has 7 nitrogen and oxygen atoms in total. The fraction of sp³-hybridized carbons (Fsp3) is 0.0833. The van der Waals surface area contributed by atoms with Gasteiger partial charge in [-0.2, -0.15) is 13.7 Å². The summed E-state index contributed by atoms with van der Waals surface area (Å²) in [4.78, 5) is 14.3. The van der Waals surface area contributed by atoms with Gasteiger partial charge in [-0.1, -0.05) is 60.7 Å². The fourth-order valence-corrected chi connectivity index (χ4v) is 3.49. The molecule has 32 heavy (non-hydrogen) atoms. The number of nitrogens with one attached hydrogen (secondary N) is 1. The zero-order valence-corrected chi connectivity index (χ0v) is 17.9. The van der Waals surface area contributed by atoms with Crippen molar-refractivity contribution in [2.24, 2.45) is 0 Å². The first-order valence-corrected chi connectivity index (χ1v) is 11.1. The molecule has 2 N–H and O–H groups in total. The molecule has 0 atom stereocenters. The summed E-state index contributed by atoms with van der Waals surface area (Å²) in [6.07, 6.45) is 1.52. The highest BCUT2D eigenvalue weighted by atomic mass is 32.2. The van der Waals surface area contributed by atoms with Gasteiger partial charge >= 0.3 is 0 Å². The van der Waals surface area contributed by atoms with Crippen LogP contribution in [0.25, 0.3) is 0 Å². The standard InChI is InChI=1S/C24H21N3O4S/c25-15-21(24(28)26-22-11-13-23(14-12-22)32(29,30)31)18-27(16-19-7-3-1-4-8-19)17-20-9-5-2-6-10-20/h1-14,18H,16-17H2,(H,26,28)(H,29,30,31)/b21-18-. The van der Waals surface area contributed by atoms with Gasteiger partial charge in [0.1, 0.15) is 11.6 Å². The van der Waals surface area contributed by atoms with E-state index in [2.05, 4.69) is 5.32 Å². The molecule has 0 aliphatic rings. The molecule has 0 fully saturated rings. The van der Waals surface area contributed by atoms with Crippen LogP contribution < -0.4 is 5.32 Å². The Labute approximate surface area is 187 Å². The topological polar surface area (TPSA) is 111 Å². The van der Waals surface area contributed by atoms with E-state index in [0.29, 0.717) is 18.8 Å². The Balaban J connectivity index is 1.81. The molecule has 3 aromatic rings. The van der Waals surface area contributed by atoms with Gasteiger partial charge < -0.3 is 10.2 Å². The van der Waals surface area contributed by atoms with Gasteiger partial charge in [0, 0.05) is 25.0 Å². The smallest absolute Gasteiger partial charge is 0.294 e. The molecule has 0 saturated carbocycles. The van der Waals surface area contributed by atoms with Crippen LogP contribution in [-0.2, 0) is 28.0 Å². The number of benzene rings is 3. The summed E-state index contributed by atoms with van der Waals surface area (Å²) in [5.74, 6) is -0.627. The van der Waals surface area contributed by atoms with Crippen LogP contribution in [-0.4, -0.2) is 23.8 Å². The Morgan fingerprint density at radius 2 is 1.41 bits per heavy atom. The number of rotatable bonds is 8. The molecular formula is C24H21N3O4S. The third kappa shape index (κ3) is 6.54. The number of carbonyl (C=O) groups is 1. The maximum Gasteiger partial charge on any atom is 0.294 e. The van der Waals surface area contributed by atoms with E-state index < -0.39 is 16.0 Å². The van der Waals surface area contributed by atoms with Crippen LogP contribution in [0.5, 0.6) is 0 Å². The lowest BCUT2D eigenvalue weighted by atomic mass is 10.1. The fourth-order valence-electron chi connectivity index (χ4n) is 3.01. The zero-order valence-electron chi connectivity index (χ0n) is 17.0. The van der Waals surface area contributed by atoms with Crippen molar-refractivity contribution in [2.45, 2.75) is 18.0 Å². The number of hydrogen-bond acceptors (Lipinski definition) is 5. The lowest BCUT2D eigenvalue weighted by Crippen LogP contribution is -2.21. The normalized spacial score (nSPS) is 11.4. The molecule has 0 saturated heterocycles. The van der Waals surface area contributed by atoms with Crippen LogP contribution in [0.3, 0.4) is 0 Å². The summed E-state index contributed by atoms with van der Waals surface area (Å²) < 4.78 is 31.4. The SMILES string of the molecule is N#C/C(=C/N(Cc1ccccc1)Cc1ccccc1)C(=O)Nc1ccc(S(=O)(=O)O)cc1. The van der Waals surface area contributed by atoms with Crippen molar-refractivity contribution in [2.75, 3.05) is 5.32 Å². The zero-order chi connectivity index (χ0) is 23.0. The van der Waals surface area contributed by atoms with Crippen molar-refractivity contribution < 1.29 is 17.8 Å². The highest BCUT2D eigenvalue weighted by Gasteiger charge is 2.14. The van der Waals surface area contributed by atoms with Gasteiger partial charge in [0.25, 0.3) is 16.0 Å². The first kappa shape index (κ1) is 22.7. The molecule has 1 amide bonds. The number of nitriles is 1. The Bertz CT molecular complexity index is 1190. The molecule has 0 aliphatic heterocycles. The average Bonchev–Trinajstić information content (AvgIpc) is 2.78. The van der Waals surface area contributed by atoms with Crippen LogP contribution >= 0.6 is 0 Å². The Hall–Kier alpha value is -3.93. The quantitative estimate of drug-likeness (QED) is 0.307. The van der Waals surface area contributed by atoms with E-state index in [0.717, 1.165) is 23.3 Å². The van der Waals surface area contributed by atoms with E-state index >= 15 is 0 Å². The maximum atomic E-state index is 12.7. The molecule has 0 heterocycles. The molecule has 0 bridgehead atoms. The van der Waals surface area contributed by atoms with Crippen molar-refractivity contribution in [1.82, 2.24) is 4.90 Å².